The lowest BCUT2D eigenvalue weighted by atomic mass is 9.52. The van der Waals surface area contributed by atoms with Crippen LogP contribution in [0.15, 0.2) is 11.6 Å². The van der Waals surface area contributed by atoms with Crippen molar-refractivity contribution in [3.05, 3.63) is 11.6 Å². The maximum atomic E-state index is 12.1. The summed E-state index contributed by atoms with van der Waals surface area (Å²) in [7, 11) is 0. The molecule has 17 heavy (non-hydrogen) atoms. The second kappa shape index (κ2) is 5.37. The molecule has 0 aliphatic heterocycles. The first-order valence-electron chi connectivity index (χ1n) is 7.47. The highest BCUT2D eigenvalue weighted by atomic mass is 16.1. The molecule has 0 radical (unpaired) electrons. The lowest BCUT2D eigenvalue weighted by molar-refractivity contribution is -0.145. The summed E-state index contributed by atoms with van der Waals surface area (Å²) < 4.78 is 0. The summed E-state index contributed by atoms with van der Waals surface area (Å²) in [5, 5.41) is 0. The molecule has 0 heterocycles. The fraction of sp³-hybridized carbons (Fsp3) is 0.812. The lowest BCUT2D eigenvalue weighted by Gasteiger charge is -2.49. The summed E-state index contributed by atoms with van der Waals surface area (Å²) >= 11 is 0. The highest BCUT2D eigenvalue weighted by Crippen LogP contribution is 2.54. The van der Waals surface area contributed by atoms with Crippen molar-refractivity contribution in [2.45, 2.75) is 71.6 Å². The first-order chi connectivity index (χ1) is 8.24. The highest BCUT2D eigenvalue weighted by Gasteiger charge is 2.53. The van der Waals surface area contributed by atoms with Gasteiger partial charge in [-0.2, -0.15) is 0 Å². The van der Waals surface area contributed by atoms with Crippen molar-refractivity contribution >= 4 is 5.78 Å². The molecule has 96 valence electrons. The molecule has 0 amide bonds. The molecule has 2 atom stereocenters. The van der Waals surface area contributed by atoms with Crippen LogP contribution in [0.3, 0.4) is 0 Å². The van der Waals surface area contributed by atoms with Crippen LogP contribution in [0.1, 0.15) is 71.6 Å². The zero-order chi connectivity index (χ0) is 12.3. The fourth-order valence-corrected chi connectivity index (χ4v) is 3.74. The van der Waals surface area contributed by atoms with Crippen molar-refractivity contribution in [1.29, 1.82) is 0 Å². The number of hydrogen-bond donors (Lipinski definition) is 0. The quantitative estimate of drug-likeness (QED) is 0.632. The lowest BCUT2D eigenvalue weighted by Crippen LogP contribution is -2.50. The maximum Gasteiger partial charge on any atom is 0.140 e. The third-order valence-corrected chi connectivity index (χ3v) is 4.99. The third kappa shape index (κ3) is 2.21. The molecule has 2 unspecified atom stereocenters. The molecule has 2 aliphatic carbocycles. The van der Waals surface area contributed by atoms with Gasteiger partial charge in [-0.3, -0.25) is 4.79 Å². The third-order valence-electron chi connectivity index (χ3n) is 4.99. The van der Waals surface area contributed by atoms with Gasteiger partial charge in [-0.05, 0) is 44.4 Å². The van der Waals surface area contributed by atoms with Crippen LogP contribution in [-0.2, 0) is 4.79 Å². The molecule has 0 saturated heterocycles. The van der Waals surface area contributed by atoms with Gasteiger partial charge in [0.25, 0.3) is 0 Å². The minimum Gasteiger partial charge on any atom is -0.299 e. The summed E-state index contributed by atoms with van der Waals surface area (Å²) in [6, 6.07) is 0. The Kier molecular flexibility index (Phi) is 4.06. The van der Waals surface area contributed by atoms with Gasteiger partial charge in [0.1, 0.15) is 5.78 Å². The normalized spacial score (nSPS) is 33.2. The minimum absolute atomic E-state index is 0.0409. The summed E-state index contributed by atoms with van der Waals surface area (Å²) in [6.07, 6.45) is 13.1. The van der Waals surface area contributed by atoms with Gasteiger partial charge in [0.15, 0.2) is 0 Å². The predicted molar refractivity (Wildman–Crippen MR) is 71.9 cm³/mol. The van der Waals surface area contributed by atoms with Crippen LogP contribution in [0.5, 0.6) is 0 Å². The van der Waals surface area contributed by atoms with E-state index in [2.05, 4.69) is 19.9 Å². The molecule has 0 aromatic heterocycles. The van der Waals surface area contributed by atoms with Gasteiger partial charge in [0.2, 0.25) is 0 Å². The van der Waals surface area contributed by atoms with Crippen molar-refractivity contribution in [2.24, 2.45) is 11.3 Å². The molecule has 0 bridgehead atoms. The summed E-state index contributed by atoms with van der Waals surface area (Å²) in [4.78, 5) is 12.1. The van der Waals surface area contributed by atoms with E-state index in [4.69, 9.17) is 0 Å². The van der Waals surface area contributed by atoms with Crippen molar-refractivity contribution in [3.8, 4) is 0 Å². The van der Waals surface area contributed by atoms with Crippen molar-refractivity contribution < 1.29 is 4.79 Å². The van der Waals surface area contributed by atoms with Crippen molar-refractivity contribution in [1.82, 2.24) is 0 Å². The number of hydrogen-bond acceptors (Lipinski definition) is 1. The van der Waals surface area contributed by atoms with E-state index in [0.29, 0.717) is 11.7 Å². The zero-order valence-electron chi connectivity index (χ0n) is 11.4. The Bertz CT molecular complexity index is 315. The second-order valence-electron chi connectivity index (χ2n) is 5.82. The Labute approximate surface area is 106 Å². The Morgan fingerprint density at radius 3 is 2.71 bits per heavy atom. The molecular formula is C16H26O. The first kappa shape index (κ1) is 12.9. The maximum absolute atomic E-state index is 12.1. The van der Waals surface area contributed by atoms with Crippen LogP contribution >= 0.6 is 0 Å². The van der Waals surface area contributed by atoms with Gasteiger partial charge in [-0.25, -0.2) is 0 Å². The van der Waals surface area contributed by atoms with Crippen molar-refractivity contribution in [3.63, 3.8) is 0 Å². The molecule has 1 nitrogen and oxygen atoms in total. The minimum atomic E-state index is 0.0409. The van der Waals surface area contributed by atoms with E-state index >= 15 is 0 Å². The topological polar surface area (TPSA) is 17.1 Å². The van der Waals surface area contributed by atoms with E-state index in [-0.39, 0.29) is 5.41 Å². The molecule has 1 heteroatoms. The summed E-state index contributed by atoms with van der Waals surface area (Å²) in [5.74, 6) is 1.15. The number of Topliss-reactive ketones (excluding diaryl/α,β-unsaturated/α-hetero) is 1. The SMILES string of the molecule is CCCCC1(CC)C(=O)CC1C1=CCCCC1. The number of carbonyl (C=O) groups is 1. The average Bonchev–Trinajstić information content (AvgIpc) is 2.38. The van der Waals surface area contributed by atoms with Gasteiger partial charge >= 0.3 is 0 Å². The molecule has 2 rings (SSSR count). The van der Waals surface area contributed by atoms with Gasteiger partial charge in [-0.15, -0.1) is 0 Å². The van der Waals surface area contributed by atoms with Crippen LogP contribution in [0.4, 0.5) is 0 Å². The molecular weight excluding hydrogens is 208 g/mol. The number of carbonyl (C=O) groups excluding carboxylic acids is 1. The van der Waals surface area contributed by atoms with Crippen LogP contribution in [0.2, 0.25) is 0 Å². The Hall–Kier alpha value is -0.590. The number of allylic oxidation sites excluding steroid dienone is 2. The Morgan fingerprint density at radius 1 is 1.35 bits per heavy atom. The molecule has 0 spiro atoms. The van der Waals surface area contributed by atoms with E-state index in [1.54, 1.807) is 5.57 Å². The molecule has 0 aromatic rings. The van der Waals surface area contributed by atoms with Gasteiger partial charge in [0, 0.05) is 11.8 Å². The van der Waals surface area contributed by atoms with Crippen molar-refractivity contribution in [2.75, 3.05) is 0 Å². The average molecular weight is 234 g/mol. The van der Waals surface area contributed by atoms with Gasteiger partial charge in [0.05, 0.1) is 0 Å². The monoisotopic (exact) mass is 234 g/mol. The Balaban J connectivity index is 2.11. The summed E-state index contributed by atoms with van der Waals surface area (Å²) in [6.45, 7) is 4.44. The number of ketones is 1. The number of unbranched alkanes of at least 4 members (excludes halogenated alkanes) is 1. The van der Waals surface area contributed by atoms with E-state index in [9.17, 15) is 4.79 Å². The first-order valence-corrected chi connectivity index (χ1v) is 7.47. The smallest absolute Gasteiger partial charge is 0.140 e. The highest BCUT2D eigenvalue weighted by molar-refractivity contribution is 5.92. The summed E-state index contributed by atoms with van der Waals surface area (Å²) in [5.41, 5.74) is 1.66. The molecule has 1 fully saturated rings. The molecule has 1 saturated carbocycles. The van der Waals surface area contributed by atoms with Crippen LogP contribution in [0.25, 0.3) is 0 Å². The molecule has 2 aliphatic rings. The largest absolute Gasteiger partial charge is 0.299 e. The zero-order valence-corrected chi connectivity index (χ0v) is 11.4. The second-order valence-corrected chi connectivity index (χ2v) is 5.82. The van der Waals surface area contributed by atoms with E-state index in [1.165, 1.54) is 38.5 Å². The molecule has 0 N–H and O–H groups in total. The van der Waals surface area contributed by atoms with Crippen LogP contribution in [0, 0.1) is 11.3 Å². The van der Waals surface area contributed by atoms with E-state index in [1.807, 2.05) is 0 Å². The predicted octanol–water partition coefficient (Wildman–Crippen LogP) is 4.66. The van der Waals surface area contributed by atoms with E-state index in [0.717, 1.165) is 19.3 Å². The number of rotatable bonds is 5. The van der Waals surface area contributed by atoms with Gasteiger partial charge < -0.3 is 0 Å². The molecule has 0 aromatic carbocycles. The van der Waals surface area contributed by atoms with Crippen LogP contribution in [-0.4, -0.2) is 5.78 Å². The van der Waals surface area contributed by atoms with E-state index < -0.39 is 0 Å². The Morgan fingerprint density at radius 2 is 2.18 bits per heavy atom. The van der Waals surface area contributed by atoms with Gasteiger partial charge in [-0.1, -0.05) is 38.3 Å². The van der Waals surface area contributed by atoms with Crippen LogP contribution < -0.4 is 0 Å². The fourth-order valence-electron chi connectivity index (χ4n) is 3.74. The standard InChI is InChI=1S/C16H26O/c1-3-5-11-16(4-2)14(12-15(16)17)13-9-7-6-8-10-13/h9,14H,3-8,10-12H2,1-2H3.